The van der Waals surface area contributed by atoms with E-state index in [1.165, 1.54) is 10.4 Å². The number of aryl methyl sites for hydroxylation is 1. The van der Waals surface area contributed by atoms with E-state index in [1.807, 2.05) is 31.2 Å². The first kappa shape index (κ1) is 21.5. The van der Waals surface area contributed by atoms with Gasteiger partial charge in [0.1, 0.15) is 5.82 Å². The molecule has 8 heteroatoms. The first-order valence-electron chi connectivity index (χ1n) is 10.7. The molecule has 164 valence electrons. The van der Waals surface area contributed by atoms with Crippen molar-refractivity contribution in [3.05, 3.63) is 59.9 Å². The number of fused-ring (bicyclic) bond motifs is 1. The van der Waals surface area contributed by atoms with Crippen molar-refractivity contribution in [2.24, 2.45) is 0 Å². The molecule has 0 N–H and O–H groups in total. The Kier molecular flexibility index (Phi) is 6.11. The number of nitrogens with zero attached hydrogens (tertiary/aromatic N) is 4. The van der Waals surface area contributed by atoms with E-state index in [-0.39, 0.29) is 10.8 Å². The van der Waals surface area contributed by atoms with E-state index < -0.39 is 10.0 Å². The molecule has 0 unspecified atom stereocenters. The number of hydrogen-bond acceptors (Lipinski definition) is 4. The molecule has 0 spiro atoms. The van der Waals surface area contributed by atoms with E-state index in [0.29, 0.717) is 25.2 Å². The molecule has 1 aliphatic rings. The number of imidazole rings is 1. The van der Waals surface area contributed by atoms with Crippen LogP contribution in [0, 0.1) is 0 Å². The van der Waals surface area contributed by atoms with Gasteiger partial charge >= 0.3 is 0 Å². The van der Waals surface area contributed by atoms with E-state index >= 15 is 0 Å². The molecule has 1 fully saturated rings. The molecule has 1 saturated heterocycles. The van der Waals surface area contributed by atoms with Gasteiger partial charge in [0.05, 0.1) is 22.5 Å². The van der Waals surface area contributed by atoms with Gasteiger partial charge in [-0.1, -0.05) is 24.6 Å². The zero-order chi connectivity index (χ0) is 22.0. The highest BCUT2D eigenvalue weighted by molar-refractivity contribution is 7.89. The van der Waals surface area contributed by atoms with Crippen LogP contribution in [-0.2, 0) is 23.1 Å². The third-order valence-corrected chi connectivity index (χ3v) is 7.70. The standard InChI is InChI=1S/C23H28N4O3S/c1-3-27-21-13-6-5-12-20(21)24-22(27)17-25(2)23(28)18-10-9-11-19(16-18)31(29,30)26-14-7-4-8-15-26/h5-6,9-13,16H,3-4,7-8,14-15,17H2,1-2H3. The van der Waals surface area contributed by atoms with Crippen LogP contribution in [0.3, 0.4) is 0 Å². The van der Waals surface area contributed by atoms with Gasteiger partial charge in [0, 0.05) is 32.2 Å². The molecular weight excluding hydrogens is 412 g/mol. The molecule has 0 radical (unpaired) electrons. The van der Waals surface area contributed by atoms with Crippen LogP contribution in [0.5, 0.6) is 0 Å². The number of sulfonamides is 1. The molecule has 1 aliphatic heterocycles. The Morgan fingerprint density at radius 3 is 2.55 bits per heavy atom. The van der Waals surface area contributed by atoms with Crippen LogP contribution < -0.4 is 0 Å². The minimum atomic E-state index is -3.58. The number of rotatable bonds is 6. The average molecular weight is 441 g/mol. The van der Waals surface area contributed by atoms with Gasteiger partial charge in [0.2, 0.25) is 10.0 Å². The van der Waals surface area contributed by atoms with Crippen LogP contribution in [0.2, 0.25) is 0 Å². The molecule has 1 aromatic heterocycles. The average Bonchev–Trinajstić information content (AvgIpc) is 3.16. The lowest BCUT2D eigenvalue weighted by atomic mass is 10.2. The second kappa shape index (κ2) is 8.80. The van der Waals surface area contributed by atoms with Gasteiger partial charge in [-0.25, -0.2) is 13.4 Å². The summed E-state index contributed by atoms with van der Waals surface area (Å²) in [4.78, 5) is 19.5. The summed E-state index contributed by atoms with van der Waals surface area (Å²) in [5.74, 6) is 0.571. The van der Waals surface area contributed by atoms with Crippen LogP contribution in [0.25, 0.3) is 11.0 Å². The Morgan fingerprint density at radius 1 is 1.06 bits per heavy atom. The van der Waals surface area contributed by atoms with Crippen LogP contribution in [0.1, 0.15) is 42.4 Å². The molecule has 0 atom stereocenters. The third kappa shape index (κ3) is 4.22. The lowest BCUT2D eigenvalue weighted by Gasteiger charge is -2.26. The number of amides is 1. The fraction of sp³-hybridized carbons (Fsp3) is 0.391. The van der Waals surface area contributed by atoms with Gasteiger partial charge in [-0.2, -0.15) is 4.31 Å². The van der Waals surface area contributed by atoms with Gasteiger partial charge in [-0.3, -0.25) is 4.79 Å². The summed E-state index contributed by atoms with van der Waals surface area (Å²) in [5.41, 5.74) is 2.30. The molecule has 4 rings (SSSR count). The summed E-state index contributed by atoms with van der Waals surface area (Å²) in [5, 5.41) is 0. The molecule has 31 heavy (non-hydrogen) atoms. The van der Waals surface area contributed by atoms with E-state index in [2.05, 4.69) is 9.55 Å². The van der Waals surface area contributed by atoms with Crippen molar-refractivity contribution in [3.63, 3.8) is 0 Å². The maximum Gasteiger partial charge on any atom is 0.254 e. The summed E-state index contributed by atoms with van der Waals surface area (Å²) in [6, 6.07) is 14.3. The monoisotopic (exact) mass is 440 g/mol. The number of hydrogen-bond donors (Lipinski definition) is 0. The number of carbonyl (C=O) groups excluding carboxylic acids is 1. The highest BCUT2D eigenvalue weighted by atomic mass is 32.2. The molecule has 7 nitrogen and oxygen atoms in total. The van der Waals surface area contributed by atoms with E-state index in [0.717, 1.165) is 42.7 Å². The van der Waals surface area contributed by atoms with Crippen molar-refractivity contribution in [2.75, 3.05) is 20.1 Å². The first-order valence-corrected chi connectivity index (χ1v) is 12.2. The van der Waals surface area contributed by atoms with E-state index in [9.17, 15) is 13.2 Å². The van der Waals surface area contributed by atoms with Crippen molar-refractivity contribution in [1.29, 1.82) is 0 Å². The van der Waals surface area contributed by atoms with Crippen LogP contribution >= 0.6 is 0 Å². The molecule has 2 heterocycles. The second-order valence-corrected chi connectivity index (χ2v) is 9.85. The number of aromatic nitrogens is 2. The van der Waals surface area contributed by atoms with Gasteiger partial charge in [0.25, 0.3) is 5.91 Å². The van der Waals surface area contributed by atoms with E-state index in [1.54, 1.807) is 30.1 Å². The van der Waals surface area contributed by atoms with Crippen LogP contribution in [0.15, 0.2) is 53.4 Å². The fourth-order valence-corrected chi connectivity index (χ4v) is 5.71. The number of para-hydroxylation sites is 2. The van der Waals surface area contributed by atoms with Crippen molar-refractivity contribution in [3.8, 4) is 0 Å². The van der Waals surface area contributed by atoms with Gasteiger partial charge < -0.3 is 9.47 Å². The summed E-state index contributed by atoms with van der Waals surface area (Å²) in [6.07, 6.45) is 2.80. The number of piperidine rings is 1. The van der Waals surface area contributed by atoms with Crippen LogP contribution in [-0.4, -0.2) is 53.2 Å². The number of carbonyl (C=O) groups is 1. The molecule has 2 aromatic carbocycles. The SMILES string of the molecule is CCn1c(CN(C)C(=O)c2cccc(S(=O)(=O)N3CCCCC3)c2)nc2ccccc21. The molecule has 0 bridgehead atoms. The van der Waals surface area contributed by atoms with Crippen molar-refractivity contribution in [2.45, 2.75) is 44.2 Å². The highest BCUT2D eigenvalue weighted by Crippen LogP contribution is 2.22. The summed E-state index contributed by atoms with van der Waals surface area (Å²) >= 11 is 0. The lowest BCUT2D eigenvalue weighted by molar-refractivity contribution is 0.0780. The Hall–Kier alpha value is -2.71. The molecule has 3 aromatic rings. The molecule has 0 aliphatic carbocycles. The van der Waals surface area contributed by atoms with Gasteiger partial charge in [-0.05, 0) is 50.1 Å². The summed E-state index contributed by atoms with van der Waals surface area (Å²) in [7, 11) is -1.87. The largest absolute Gasteiger partial charge is 0.334 e. The Balaban J connectivity index is 1.57. The zero-order valence-electron chi connectivity index (χ0n) is 18.0. The highest BCUT2D eigenvalue weighted by Gasteiger charge is 2.27. The lowest BCUT2D eigenvalue weighted by Crippen LogP contribution is -2.35. The first-order chi connectivity index (χ1) is 14.9. The predicted octanol–water partition coefficient (Wildman–Crippen LogP) is 3.50. The third-order valence-electron chi connectivity index (χ3n) is 5.81. The zero-order valence-corrected chi connectivity index (χ0v) is 18.8. The minimum Gasteiger partial charge on any atom is -0.334 e. The summed E-state index contributed by atoms with van der Waals surface area (Å²) < 4.78 is 29.6. The summed E-state index contributed by atoms with van der Waals surface area (Å²) in [6.45, 7) is 4.21. The van der Waals surface area contributed by atoms with Crippen molar-refractivity contribution < 1.29 is 13.2 Å². The molecular formula is C23H28N4O3S. The predicted molar refractivity (Wildman–Crippen MR) is 120 cm³/mol. The molecule has 0 saturated carbocycles. The van der Waals surface area contributed by atoms with Crippen molar-refractivity contribution in [1.82, 2.24) is 18.8 Å². The maximum absolute atomic E-state index is 13.1. The second-order valence-electron chi connectivity index (χ2n) is 7.91. The molecule has 1 amide bonds. The normalized spacial score (nSPS) is 15.3. The Bertz CT molecular complexity index is 1200. The minimum absolute atomic E-state index is 0.175. The van der Waals surface area contributed by atoms with Crippen LogP contribution in [0.4, 0.5) is 0 Å². The van der Waals surface area contributed by atoms with Gasteiger partial charge in [-0.15, -0.1) is 0 Å². The maximum atomic E-state index is 13.1. The Labute approximate surface area is 183 Å². The Morgan fingerprint density at radius 2 is 1.81 bits per heavy atom. The quantitative estimate of drug-likeness (QED) is 0.588. The van der Waals surface area contributed by atoms with Crippen molar-refractivity contribution >= 4 is 27.0 Å². The van der Waals surface area contributed by atoms with E-state index in [4.69, 9.17) is 0 Å². The fourth-order valence-electron chi connectivity index (χ4n) is 4.15. The number of benzene rings is 2. The topological polar surface area (TPSA) is 75.5 Å². The smallest absolute Gasteiger partial charge is 0.254 e. The van der Waals surface area contributed by atoms with Gasteiger partial charge in [0.15, 0.2) is 0 Å².